The van der Waals surface area contributed by atoms with E-state index in [0.29, 0.717) is 4.70 Å². The molecule has 4 rings (SSSR count). The molecule has 0 radical (unpaired) electrons. The average molecular weight is 484 g/mol. The monoisotopic (exact) mass is 484 g/mol. The van der Waals surface area contributed by atoms with Gasteiger partial charge in [0, 0.05) is 44.7 Å². The van der Waals surface area contributed by atoms with Crippen LogP contribution in [0.1, 0.15) is 5.56 Å². The van der Waals surface area contributed by atoms with Crippen molar-refractivity contribution in [3.05, 3.63) is 53.1 Å². The Morgan fingerprint density at radius 2 is 1.73 bits per heavy atom. The molecule has 3 aromatic rings. The van der Waals surface area contributed by atoms with Crippen molar-refractivity contribution in [2.75, 3.05) is 43.0 Å². The quantitative estimate of drug-likeness (QED) is 0.485. The fraction of sp³-hybridized carbons (Fsp3) is 0.333. The highest BCUT2D eigenvalue weighted by atomic mass is 32.1. The van der Waals surface area contributed by atoms with Crippen LogP contribution >= 0.6 is 11.3 Å². The Hall–Kier alpha value is -2.96. The first-order valence-electron chi connectivity index (χ1n) is 10.1. The number of benzene rings is 2. The second-order valence-electron chi connectivity index (χ2n) is 7.59. The molecular formula is C21H20F4N4O3S. The maximum Gasteiger partial charge on any atom is 0.323 e. The molecule has 0 spiro atoms. The van der Waals surface area contributed by atoms with Gasteiger partial charge in [0.2, 0.25) is 0 Å². The zero-order valence-electron chi connectivity index (χ0n) is 17.2. The van der Waals surface area contributed by atoms with Crippen LogP contribution in [-0.4, -0.2) is 65.0 Å². The van der Waals surface area contributed by atoms with E-state index in [0.717, 1.165) is 35.6 Å². The Kier molecular flexibility index (Phi) is 6.68. The predicted octanol–water partition coefficient (Wildman–Crippen LogP) is 3.10. The Bertz CT molecular complexity index is 1150. The third-order valence-corrected chi connectivity index (χ3v) is 6.27. The van der Waals surface area contributed by atoms with E-state index in [1.165, 1.54) is 4.90 Å². The normalized spacial score (nSPS) is 15.2. The van der Waals surface area contributed by atoms with E-state index >= 15 is 0 Å². The van der Waals surface area contributed by atoms with Crippen LogP contribution in [0.15, 0.2) is 24.3 Å². The summed E-state index contributed by atoms with van der Waals surface area (Å²) < 4.78 is 56.0. The molecule has 7 nitrogen and oxygen atoms in total. The van der Waals surface area contributed by atoms with Crippen molar-refractivity contribution < 1.29 is 32.6 Å². The van der Waals surface area contributed by atoms with Crippen LogP contribution in [0.3, 0.4) is 0 Å². The molecule has 1 aliphatic rings. The number of nitrogens with one attached hydrogen (secondary N) is 1. The number of aromatic nitrogens is 1. The van der Waals surface area contributed by atoms with Gasteiger partial charge in [0.15, 0.2) is 16.8 Å². The summed E-state index contributed by atoms with van der Waals surface area (Å²) in [5.74, 6) is -3.38. The van der Waals surface area contributed by atoms with Gasteiger partial charge in [-0.05, 0) is 17.7 Å². The molecule has 1 fully saturated rings. The molecular weight excluding hydrogens is 464 g/mol. The lowest BCUT2D eigenvalue weighted by atomic mass is 10.1. The van der Waals surface area contributed by atoms with E-state index in [2.05, 4.69) is 10.3 Å². The summed E-state index contributed by atoms with van der Waals surface area (Å²) in [5.41, 5.74) is 0.239. The third-order valence-electron chi connectivity index (χ3n) is 5.33. The van der Waals surface area contributed by atoms with Gasteiger partial charge in [0.1, 0.15) is 11.6 Å². The number of amides is 2. The van der Waals surface area contributed by atoms with Gasteiger partial charge in [0.05, 0.1) is 28.6 Å². The second kappa shape index (κ2) is 9.49. The SMILES string of the molecule is O=C(Nc1nc2cc(F)c(F)cc2s1)N1CCN(c2cc(F)c(C[C@H](O)CO)cc2F)CC1. The first-order valence-corrected chi connectivity index (χ1v) is 10.9. The lowest BCUT2D eigenvalue weighted by Crippen LogP contribution is -2.50. The van der Waals surface area contributed by atoms with Crippen LogP contribution in [0, 0.1) is 23.3 Å². The summed E-state index contributed by atoms with van der Waals surface area (Å²) >= 11 is 1.01. The number of carbonyl (C=O) groups excluding carboxylic acids is 1. The number of piperazine rings is 1. The molecule has 12 heteroatoms. The smallest absolute Gasteiger partial charge is 0.323 e. The fourth-order valence-electron chi connectivity index (χ4n) is 3.59. The van der Waals surface area contributed by atoms with Gasteiger partial charge in [-0.15, -0.1) is 0 Å². The molecule has 2 aromatic carbocycles. The maximum absolute atomic E-state index is 14.6. The zero-order chi connectivity index (χ0) is 23.7. The number of nitrogens with zero attached hydrogens (tertiary/aromatic N) is 3. The van der Waals surface area contributed by atoms with Crippen molar-refractivity contribution in [1.82, 2.24) is 9.88 Å². The standard InChI is InChI=1S/C21H20F4N4O3S/c22-13-8-18(16(25)6-11(13)5-12(31)10-30)28-1-3-29(4-2-28)21(32)27-20-26-17-7-14(23)15(24)9-19(17)33-20/h6-9,12,30-31H,1-5,10H2,(H,26,27,32)/t12-/m0/s1. The number of hydrogen-bond acceptors (Lipinski definition) is 6. The minimum absolute atomic E-state index is 0.0357. The number of carbonyl (C=O) groups is 1. The number of anilines is 2. The summed E-state index contributed by atoms with van der Waals surface area (Å²) in [6.45, 7) is 0.396. The number of halogens is 4. The third kappa shape index (κ3) is 5.02. The summed E-state index contributed by atoms with van der Waals surface area (Å²) in [5, 5.41) is 21.1. The highest BCUT2D eigenvalue weighted by Gasteiger charge is 2.25. The topological polar surface area (TPSA) is 88.9 Å². The fourth-order valence-corrected chi connectivity index (χ4v) is 4.45. The predicted molar refractivity (Wildman–Crippen MR) is 115 cm³/mol. The van der Waals surface area contributed by atoms with E-state index < -0.39 is 42.0 Å². The van der Waals surface area contributed by atoms with Crippen LogP contribution in [0.2, 0.25) is 0 Å². The Balaban J connectivity index is 1.38. The number of aliphatic hydroxyl groups is 2. The number of fused-ring (bicyclic) bond motifs is 1. The van der Waals surface area contributed by atoms with E-state index in [1.54, 1.807) is 4.90 Å². The van der Waals surface area contributed by atoms with E-state index in [9.17, 15) is 27.5 Å². The first kappa shape index (κ1) is 23.2. The van der Waals surface area contributed by atoms with Crippen LogP contribution in [0.4, 0.5) is 33.2 Å². The molecule has 33 heavy (non-hydrogen) atoms. The van der Waals surface area contributed by atoms with Crippen LogP contribution < -0.4 is 10.2 Å². The minimum atomic E-state index is -1.18. The summed E-state index contributed by atoms with van der Waals surface area (Å²) in [4.78, 5) is 19.7. The number of thiazole rings is 1. The van der Waals surface area contributed by atoms with Gasteiger partial charge in [-0.2, -0.15) is 0 Å². The lowest BCUT2D eigenvalue weighted by molar-refractivity contribution is 0.0947. The van der Waals surface area contributed by atoms with Crippen molar-refractivity contribution in [2.24, 2.45) is 0 Å². The summed E-state index contributed by atoms with van der Waals surface area (Å²) in [7, 11) is 0. The second-order valence-corrected chi connectivity index (χ2v) is 8.62. The van der Waals surface area contributed by atoms with Crippen molar-refractivity contribution in [2.45, 2.75) is 12.5 Å². The summed E-state index contributed by atoms with van der Waals surface area (Å²) in [6, 6.07) is 3.56. The molecule has 1 saturated heterocycles. The van der Waals surface area contributed by atoms with E-state index in [1.807, 2.05) is 0 Å². The average Bonchev–Trinajstić information content (AvgIpc) is 3.17. The molecule has 1 aromatic heterocycles. The summed E-state index contributed by atoms with van der Waals surface area (Å²) in [6.07, 6.45) is -1.39. The molecule has 0 saturated carbocycles. The highest BCUT2D eigenvalue weighted by molar-refractivity contribution is 7.22. The number of urea groups is 1. The van der Waals surface area contributed by atoms with Gasteiger partial charge >= 0.3 is 6.03 Å². The highest BCUT2D eigenvalue weighted by Crippen LogP contribution is 2.29. The number of rotatable bonds is 5. The van der Waals surface area contributed by atoms with E-state index in [4.69, 9.17) is 5.11 Å². The maximum atomic E-state index is 14.6. The van der Waals surface area contributed by atoms with Crippen molar-refractivity contribution in [3.8, 4) is 0 Å². The van der Waals surface area contributed by atoms with Crippen molar-refractivity contribution in [1.29, 1.82) is 0 Å². The number of aliphatic hydroxyl groups excluding tert-OH is 2. The van der Waals surface area contributed by atoms with Crippen LogP contribution in [0.25, 0.3) is 10.2 Å². The molecule has 2 amide bonds. The zero-order valence-corrected chi connectivity index (χ0v) is 18.0. The number of hydrogen-bond donors (Lipinski definition) is 3. The van der Waals surface area contributed by atoms with Crippen LogP contribution in [0.5, 0.6) is 0 Å². The van der Waals surface area contributed by atoms with Gasteiger partial charge in [0.25, 0.3) is 0 Å². The Labute approximate surface area is 189 Å². The van der Waals surface area contributed by atoms with Crippen molar-refractivity contribution >= 4 is 38.4 Å². The van der Waals surface area contributed by atoms with Gasteiger partial charge in [-0.3, -0.25) is 5.32 Å². The molecule has 0 unspecified atom stereocenters. The first-order chi connectivity index (χ1) is 15.7. The molecule has 0 aliphatic carbocycles. The van der Waals surface area contributed by atoms with Crippen LogP contribution in [-0.2, 0) is 6.42 Å². The molecule has 1 aliphatic heterocycles. The lowest BCUT2D eigenvalue weighted by Gasteiger charge is -2.36. The molecule has 2 heterocycles. The molecule has 1 atom stereocenters. The molecule has 0 bridgehead atoms. The molecule has 176 valence electrons. The van der Waals surface area contributed by atoms with E-state index in [-0.39, 0.29) is 54.5 Å². The molecule has 3 N–H and O–H groups in total. The largest absolute Gasteiger partial charge is 0.394 e. The van der Waals surface area contributed by atoms with Gasteiger partial charge < -0.3 is 20.0 Å². The Morgan fingerprint density at radius 3 is 2.42 bits per heavy atom. The Morgan fingerprint density at radius 1 is 1.03 bits per heavy atom. The van der Waals surface area contributed by atoms with Gasteiger partial charge in [-0.25, -0.2) is 27.3 Å². The van der Waals surface area contributed by atoms with Gasteiger partial charge in [-0.1, -0.05) is 11.3 Å². The minimum Gasteiger partial charge on any atom is -0.394 e. The van der Waals surface area contributed by atoms with Crippen molar-refractivity contribution in [3.63, 3.8) is 0 Å².